The number of thioether (sulfide) groups is 1. The Hall–Kier alpha value is -3.91. The van der Waals surface area contributed by atoms with Crippen molar-refractivity contribution in [2.24, 2.45) is 0 Å². The van der Waals surface area contributed by atoms with Crippen LogP contribution in [0, 0.1) is 0 Å². The Bertz CT molecular complexity index is 1490. The van der Waals surface area contributed by atoms with Crippen molar-refractivity contribution >= 4 is 40.2 Å². The van der Waals surface area contributed by atoms with Gasteiger partial charge >= 0.3 is 0 Å². The Morgan fingerprint density at radius 3 is 2.56 bits per heavy atom. The SMILES string of the molecule is CCc1ccc(-n2c(SCC(=O)Nc3cccc(C(=O)NC4CC4)c3)nc3ccccc3c2=O)cc1. The first-order valence-electron chi connectivity index (χ1n) is 12.0. The van der Waals surface area contributed by atoms with Gasteiger partial charge < -0.3 is 10.6 Å². The first-order valence-corrected chi connectivity index (χ1v) is 12.9. The normalized spacial score (nSPS) is 12.9. The number of aromatic nitrogens is 2. The lowest BCUT2D eigenvalue weighted by Crippen LogP contribution is -2.25. The molecule has 1 fully saturated rings. The van der Waals surface area contributed by atoms with Crippen LogP contribution in [0.5, 0.6) is 0 Å². The number of carbonyl (C=O) groups is 2. The molecule has 1 heterocycles. The van der Waals surface area contributed by atoms with E-state index in [0.717, 1.165) is 19.3 Å². The molecular weight excluding hydrogens is 472 g/mol. The second-order valence-electron chi connectivity index (χ2n) is 8.74. The molecule has 0 radical (unpaired) electrons. The number of carbonyl (C=O) groups excluding carboxylic acids is 2. The molecule has 7 nitrogen and oxygen atoms in total. The minimum atomic E-state index is -0.255. The number of hydrogen-bond donors (Lipinski definition) is 2. The van der Waals surface area contributed by atoms with Gasteiger partial charge in [-0.15, -0.1) is 0 Å². The maximum atomic E-state index is 13.4. The quantitative estimate of drug-likeness (QED) is 0.274. The number of fused-ring (bicyclic) bond motifs is 1. The van der Waals surface area contributed by atoms with Crippen LogP contribution in [0.1, 0.15) is 35.7 Å². The summed E-state index contributed by atoms with van der Waals surface area (Å²) >= 11 is 1.20. The average molecular weight is 499 g/mol. The first-order chi connectivity index (χ1) is 17.5. The molecule has 0 spiro atoms. The summed E-state index contributed by atoms with van der Waals surface area (Å²) < 4.78 is 1.56. The molecule has 36 heavy (non-hydrogen) atoms. The van der Waals surface area contributed by atoms with Gasteiger partial charge in [-0.05, 0) is 67.3 Å². The summed E-state index contributed by atoms with van der Waals surface area (Å²) in [4.78, 5) is 43.2. The number of amides is 2. The second kappa shape index (κ2) is 10.4. The van der Waals surface area contributed by atoms with E-state index in [-0.39, 0.29) is 29.2 Å². The topological polar surface area (TPSA) is 93.1 Å². The van der Waals surface area contributed by atoms with E-state index in [1.807, 2.05) is 36.4 Å². The standard InChI is InChI=1S/C28H26N4O3S/c1-2-18-10-14-22(15-11-18)32-27(35)23-8-3-4-9-24(23)31-28(32)36-17-25(33)29-21-7-5-6-19(16-21)26(34)30-20-12-13-20/h3-11,14-16,20H,2,12-13,17H2,1H3,(H,29,33)(H,30,34). The molecule has 0 aliphatic heterocycles. The molecular formula is C28H26N4O3S. The van der Waals surface area contributed by atoms with Crippen molar-refractivity contribution in [3.05, 3.63) is 94.3 Å². The van der Waals surface area contributed by atoms with Gasteiger partial charge in [0.1, 0.15) is 0 Å². The van der Waals surface area contributed by atoms with Crippen LogP contribution < -0.4 is 16.2 Å². The van der Waals surface area contributed by atoms with Gasteiger partial charge in [-0.3, -0.25) is 19.0 Å². The van der Waals surface area contributed by atoms with E-state index in [2.05, 4.69) is 17.6 Å². The van der Waals surface area contributed by atoms with Crippen molar-refractivity contribution in [1.82, 2.24) is 14.9 Å². The lowest BCUT2D eigenvalue weighted by Gasteiger charge is -2.14. The molecule has 1 saturated carbocycles. The average Bonchev–Trinajstić information content (AvgIpc) is 3.72. The van der Waals surface area contributed by atoms with Crippen molar-refractivity contribution in [3.63, 3.8) is 0 Å². The predicted octanol–water partition coefficient (Wildman–Crippen LogP) is 4.57. The number of aryl methyl sites for hydroxylation is 1. The fraction of sp³-hybridized carbons (Fsp3) is 0.214. The highest BCUT2D eigenvalue weighted by atomic mass is 32.2. The number of nitrogens with zero attached hydrogens (tertiary/aromatic N) is 2. The zero-order chi connectivity index (χ0) is 25.1. The van der Waals surface area contributed by atoms with Crippen LogP contribution >= 0.6 is 11.8 Å². The summed E-state index contributed by atoms with van der Waals surface area (Å²) in [6.45, 7) is 2.08. The second-order valence-corrected chi connectivity index (χ2v) is 9.68. The molecule has 2 N–H and O–H groups in total. The molecule has 182 valence electrons. The summed E-state index contributed by atoms with van der Waals surface area (Å²) in [6.07, 6.45) is 2.92. The van der Waals surface area contributed by atoms with E-state index in [9.17, 15) is 14.4 Å². The Labute approximate surface area is 212 Å². The van der Waals surface area contributed by atoms with Gasteiger partial charge in [0, 0.05) is 17.3 Å². The largest absolute Gasteiger partial charge is 0.349 e. The van der Waals surface area contributed by atoms with Crippen LogP contribution in [0.4, 0.5) is 5.69 Å². The third kappa shape index (κ3) is 5.33. The molecule has 0 atom stereocenters. The smallest absolute Gasteiger partial charge is 0.266 e. The lowest BCUT2D eigenvalue weighted by molar-refractivity contribution is -0.113. The molecule has 0 bridgehead atoms. The Kier molecular flexibility index (Phi) is 6.86. The molecule has 1 aliphatic carbocycles. The highest BCUT2D eigenvalue weighted by Gasteiger charge is 2.24. The molecule has 0 saturated heterocycles. The summed E-state index contributed by atoms with van der Waals surface area (Å²) in [5.74, 6) is -0.340. The van der Waals surface area contributed by atoms with Crippen LogP contribution in [0.25, 0.3) is 16.6 Å². The molecule has 4 aromatic rings. The monoisotopic (exact) mass is 498 g/mol. The van der Waals surface area contributed by atoms with Gasteiger partial charge in [0.15, 0.2) is 5.16 Å². The van der Waals surface area contributed by atoms with Crippen molar-refractivity contribution in [3.8, 4) is 5.69 Å². The minimum Gasteiger partial charge on any atom is -0.349 e. The van der Waals surface area contributed by atoms with Crippen LogP contribution in [-0.2, 0) is 11.2 Å². The minimum absolute atomic E-state index is 0.0519. The highest BCUT2D eigenvalue weighted by Crippen LogP contribution is 2.23. The first kappa shape index (κ1) is 23.8. The van der Waals surface area contributed by atoms with Crippen LogP contribution in [0.2, 0.25) is 0 Å². The molecule has 0 unspecified atom stereocenters. The summed E-state index contributed by atoms with van der Waals surface area (Å²) in [6, 6.07) is 22.1. The summed E-state index contributed by atoms with van der Waals surface area (Å²) in [5.41, 5.74) is 3.33. The van der Waals surface area contributed by atoms with Gasteiger partial charge in [-0.2, -0.15) is 0 Å². The number of anilines is 1. The van der Waals surface area contributed by atoms with Gasteiger partial charge in [0.05, 0.1) is 22.3 Å². The number of hydrogen-bond acceptors (Lipinski definition) is 5. The van der Waals surface area contributed by atoms with E-state index in [1.165, 1.54) is 17.3 Å². The lowest BCUT2D eigenvalue weighted by atomic mass is 10.1. The number of para-hydroxylation sites is 1. The Morgan fingerprint density at radius 2 is 1.81 bits per heavy atom. The highest BCUT2D eigenvalue weighted by molar-refractivity contribution is 7.99. The fourth-order valence-corrected chi connectivity index (χ4v) is 4.69. The van der Waals surface area contributed by atoms with E-state index in [0.29, 0.717) is 33.0 Å². The van der Waals surface area contributed by atoms with Gasteiger partial charge in [0.2, 0.25) is 5.91 Å². The number of nitrogens with one attached hydrogen (secondary N) is 2. The summed E-state index contributed by atoms with van der Waals surface area (Å²) in [5, 5.41) is 6.76. The number of benzene rings is 3. The van der Waals surface area contributed by atoms with E-state index in [1.54, 1.807) is 41.0 Å². The third-order valence-electron chi connectivity index (χ3n) is 6.00. The van der Waals surface area contributed by atoms with Crippen LogP contribution in [-0.4, -0.2) is 33.2 Å². The zero-order valence-electron chi connectivity index (χ0n) is 19.9. The Morgan fingerprint density at radius 1 is 1.03 bits per heavy atom. The third-order valence-corrected chi connectivity index (χ3v) is 6.94. The number of rotatable bonds is 8. The zero-order valence-corrected chi connectivity index (χ0v) is 20.7. The van der Waals surface area contributed by atoms with Crippen molar-refractivity contribution in [2.75, 3.05) is 11.1 Å². The maximum absolute atomic E-state index is 13.4. The molecule has 1 aliphatic rings. The van der Waals surface area contributed by atoms with E-state index in [4.69, 9.17) is 4.98 Å². The van der Waals surface area contributed by atoms with Crippen LogP contribution in [0.15, 0.2) is 82.7 Å². The van der Waals surface area contributed by atoms with Gasteiger partial charge in [-0.25, -0.2) is 4.98 Å². The molecule has 8 heteroatoms. The predicted molar refractivity (Wildman–Crippen MR) is 143 cm³/mol. The van der Waals surface area contributed by atoms with Crippen LogP contribution in [0.3, 0.4) is 0 Å². The van der Waals surface area contributed by atoms with E-state index < -0.39 is 0 Å². The Balaban J connectivity index is 1.36. The van der Waals surface area contributed by atoms with Crippen molar-refractivity contribution < 1.29 is 9.59 Å². The summed E-state index contributed by atoms with van der Waals surface area (Å²) in [7, 11) is 0. The van der Waals surface area contributed by atoms with E-state index >= 15 is 0 Å². The van der Waals surface area contributed by atoms with Gasteiger partial charge in [-0.1, -0.05) is 49.0 Å². The van der Waals surface area contributed by atoms with Gasteiger partial charge in [0.25, 0.3) is 11.5 Å². The fourth-order valence-electron chi connectivity index (χ4n) is 3.88. The molecule has 5 rings (SSSR count). The molecule has 3 aromatic carbocycles. The van der Waals surface area contributed by atoms with Crippen molar-refractivity contribution in [1.29, 1.82) is 0 Å². The maximum Gasteiger partial charge on any atom is 0.266 e. The van der Waals surface area contributed by atoms with Crippen molar-refractivity contribution in [2.45, 2.75) is 37.4 Å². The molecule has 1 aromatic heterocycles. The molecule has 2 amide bonds.